The van der Waals surface area contributed by atoms with Crippen LogP contribution in [0.3, 0.4) is 0 Å². The summed E-state index contributed by atoms with van der Waals surface area (Å²) < 4.78 is 5.21. The zero-order valence-corrected chi connectivity index (χ0v) is 10.6. The van der Waals surface area contributed by atoms with Gasteiger partial charge in [0.1, 0.15) is 5.88 Å². The molecule has 0 spiro atoms. The van der Waals surface area contributed by atoms with Crippen molar-refractivity contribution < 1.29 is 4.42 Å². The van der Waals surface area contributed by atoms with Gasteiger partial charge in [0.15, 0.2) is 0 Å². The highest BCUT2D eigenvalue weighted by molar-refractivity contribution is 6.16. The zero-order valence-electron chi connectivity index (χ0n) is 9.84. The molecule has 0 radical (unpaired) electrons. The number of hydrogen-bond acceptors (Lipinski definition) is 4. The molecule has 0 fully saturated rings. The third kappa shape index (κ3) is 5.35. The van der Waals surface area contributed by atoms with Crippen LogP contribution in [0.2, 0.25) is 0 Å². The molecule has 1 N–H and O–H groups in total. The van der Waals surface area contributed by atoms with E-state index in [2.05, 4.69) is 22.4 Å². The van der Waals surface area contributed by atoms with E-state index >= 15 is 0 Å². The van der Waals surface area contributed by atoms with E-state index in [0.717, 1.165) is 13.0 Å². The van der Waals surface area contributed by atoms with E-state index in [1.54, 1.807) is 0 Å². The second kappa shape index (κ2) is 8.39. The minimum atomic E-state index is 0.270. The SMILES string of the molecule is CCCCCCCCNc1nnc(CCl)o1. The average Bonchev–Trinajstić information content (AvgIpc) is 2.76. The Morgan fingerprint density at radius 2 is 1.88 bits per heavy atom. The molecule has 0 aromatic carbocycles. The van der Waals surface area contributed by atoms with Crippen molar-refractivity contribution in [2.24, 2.45) is 0 Å². The molecule has 0 atom stereocenters. The summed E-state index contributed by atoms with van der Waals surface area (Å²) in [5.74, 6) is 0.734. The molecule has 1 heterocycles. The topological polar surface area (TPSA) is 51.0 Å². The predicted octanol–water partition coefficient (Wildman–Crippen LogP) is 3.58. The Labute approximate surface area is 102 Å². The molecule has 0 bridgehead atoms. The summed E-state index contributed by atoms with van der Waals surface area (Å²) in [5, 5.41) is 10.7. The number of alkyl halides is 1. The smallest absolute Gasteiger partial charge is 0.315 e. The van der Waals surface area contributed by atoms with Crippen molar-refractivity contribution >= 4 is 17.6 Å². The Morgan fingerprint density at radius 3 is 2.56 bits per heavy atom. The van der Waals surface area contributed by atoms with Crippen LogP contribution in [-0.2, 0) is 5.88 Å². The summed E-state index contributed by atoms with van der Waals surface area (Å²) in [6.07, 6.45) is 7.68. The second-order valence-electron chi connectivity index (χ2n) is 3.83. The Hall–Kier alpha value is -0.770. The quantitative estimate of drug-likeness (QED) is 0.534. The lowest BCUT2D eigenvalue weighted by Gasteiger charge is -2.01. The van der Waals surface area contributed by atoms with E-state index in [-0.39, 0.29) is 5.88 Å². The largest absolute Gasteiger partial charge is 0.407 e. The highest BCUT2D eigenvalue weighted by Gasteiger charge is 2.02. The Morgan fingerprint density at radius 1 is 1.12 bits per heavy atom. The van der Waals surface area contributed by atoms with Gasteiger partial charge in [0.2, 0.25) is 5.89 Å². The van der Waals surface area contributed by atoms with Crippen molar-refractivity contribution in [3.05, 3.63) is 5.89 Å². The number of rotatable bonds is 9. The van der Waals surface area contributed by atoms with Gasteiger partial charge in [-0.1, -0.05) is 44.1 Å². The minimum absolute atomic E-state index is 0.270. The van der Waals surface area contributed by atoms with Crippen LogP contribution >= 0.6 is 11.6 Å². The summed E-state index contributed by atoms with van der Waals surface area (Å²) in [6, 6.07) is 0.476. The van der Waals surface area contributed by atoms with Crippen LogP contribution in [-0.4, -0.2) is 16.7 Å². The molecule has 92 valence electrons. The van der Waals surface area contributed by atoms with Crippen molar-refractivity contribution in [1.29, 1.82) is 0 Å². The summed E-state index contributed by atoms with van der Waals surface area (Å²) in [5.41, 5.74) is 0. The summed E-state index contributed by atoms with van der Waals surface area (Å²) in [6.45, 7) is 3.11. The van der Waals surface area contributed by atoms with E-state index in [1.807, 2.05) is 0 Å². The van der Waals surface area contributed by atoms with Crippen LogP contribution in [0, 0.1) is 0 Å². The lowest BCUT2D eigenvalue weighted by molar-refractivity contribution is 0.523. The van der Waals surface area contributed by atoms with E-state index in [9.17, 15) is 0 Å². The minimum Gasteiger partial charge on any atom is -0.407 e. The van der Waals surface area contributed by atoms with Gasteiger partial charge in [0.25, 0.3) is 0 Å². The molecule has 1 aromatic heterocycles. The maximum absolute atomic E-state index is 5.55. The van der Waals surface area contributed by atoms with Crippen LogP contribution in [0.15, 0.2) is 4.42 Å². The fourth-order valence-electron chi connectivity index (χ4n) is 1.48. The lowest BCUT2D eigenvalue weighted by Crippen LogP contribution is -2.01. The van der Waals surface area contributed by atoms with Crippen molar-refractivity contribution in [3.8, 4) is 0 Å². The molecule has 0 unspecified atom stereocenters. The zero-order chi connectivity index (χ0) is 11.6. The molecule has 16 heavy (non-hydrogen) atoms. The third-order valence-corrected chi connectivity index (χ3v) is 2.62. The highest BCUT2D eigenvalue weighted by Crippen LogP contribution is 2.08. The van der Waals surface area contributed by atoms with Crippen molar-refractivity contribution in [3.63, 3.8) is 0 Å². The molecule has 0 aliphatic rings. The van der Waals surface area contributed by atoms with E-state index in [0.29, 0.717) is 11.9 Å². The fourth-order valence-corrected chi connectivity index (χ4v) is 1.59. The molecule has 0 saturated heterocycles. The number of hydrogen-bond donors (Lipinski definition) is 1. The monoisotopic (exact) mass is 245 g/mol. The van der Waals surface area contributed by atoms with E-state index < -0.39 is 0 Å². The van der Waals surface area contributed by atoms with Gasteiger partial charge in [0.05, 0.1) is 0 Å². The normalized spacial score (nSPS) is 10.6. The molecule has 0 aliphatic carbocycles. The number of anilines is 1. The molecule has 0 saturated carbocycles. The molecule has 1 aromatic rings. The summed E-state index contributed by atoms with van der Waals surface area (Å²) in [4.78, 5) is 0. The van der Waals surface area contributed by atoms with Crippen LogP contribution in [0.25, 0.3) is 0 Å². The van der Waals surface area contributed by atoms with Gasteiger partial charge < -0.3 is 9.73 Å². The summed E-state index contributed by atoms with van der Waals surface area (Å²) in [7, 11) is 0. The maximum atomic E-state index is 5.55. The third-order valence-electron chi connectivity index (χ3n) is 2.39. The van der Waals surface area contributed by atoms with Gasteiger partial charge in [-0.25, -0.2) is 0 Å². The molecule has 0 aliphatic heterocycles. The van der Waals surface area contributed by atoms with Crippen molar-refractivity contribution in [2.75, 3.05) is 11.9 Å². The van der Waals surface area contributed by atoms with Gasteiger partial charge >= 0.3 is 6.01 Å². The van der Waals surface area contributed by atoms with Gasteiger partial charge in [-0.2, -0.15) is 0 Å². The van der Waals surface area contributed by atoms with Crippen LogP contribution in [0.5, 0.6) is 0 Å². The number of unbranched alkanes of at least 4 members (excludes halogenated alkanes) is 5. The lowest BCUT2D eigenvalue weighted by atomic mass is 10.1. The molecule has 1 rings (SSSR count). The molecular weight excluding hydrogens is 226 g/mol. The van der Waals surface area contributed by atoms with Gasteiger partial charge in [-0.15, -0.1) is 16.7 Å². The molecule has 4 nitrogen and oxygen atoms in total. The Balaban J connectivity index is 1.98. The fraction of sp³-hybridized carbons (Fsp3) is 0.818. The molecular formula is C11H20ClN3O. The predicted molar refractivity (Wildman–Crippen MR) is 65.7 cm³/mol. The first kappa shape index (κ1) is 13.3. The molecule has 5 heteroatoms. The first-order valence-electron chi connectivity index (χ1n) is 5.99. The Bertz CT molecular complexity index is 278. The number of aromatic nitrogens is 2. The van der Waals surface area contributed by atoms with E-state index in [1.165, 1.54) is 32.1 Å². The highest BCUT2D eigenvalue weighted by atomic mass is 35.5. The van der Waals surface area contributed by atoms with Crippen LogP contribution < -0.4 is 5.32 Å². The van der Waals surface area contributed by atoms with Gasteiger partial charge in [-0.05, 0) is 6.42 Å². The standard InChI is InChI=1S/C11H20ClN3O/c1-2-3-4-5-6-7-8-13-11-15-14-10(9-12)16-11/h2-9H2,1H3,(H,13,15). The average molecular weight is 246 g/mol. The number of halogens is 1. The first-order chi connectivity index (χ1) is 7.86. The van der Waals surface area contributed by atoms with Crippen LogP contribution in [0.4, 0.5) is 6.01 Å². The van der Waals surface area contributed by atoms with Crippen LogP contribution in [0.1, 0.15) is 51.3 Å². The Kier molecular flexibility index (Phi) is 6.97. The second-order valence-corrected chi connectivity index (χ2v) is 4.10. The van der Waals surface area contributed by atoms with Gasteiger partial charge in [0, 0.05) is 6.54 Å². The van der Waals surface area contributed by atoms with Gasteiger partial charge in [-0.3, -0.25) is 0 Å². The maximum Gasteiger partial charge on any atom is 0.315 e. The first-order valence-corrected chi connectivity index (χ1v) is 6.52. The summed E-state index contributed by atoms with van der Waals surface area (Å²) >= 11 is 5.55. The van der Waals surface area contributed by atoms with Crippen molar-refractivity contribution in [2.45, 2.75) is 51.3 Å². The molecule has 0 amide bonds. The van der Waals surface area contributed by atoms with E-state index in [4.69, 9.17) is 16.0 Å². The number of nitrogens with one attached hydrogen (secondary N) is 1. The number of nitrogens with zero attached hydrogens (tertiary/aromatic N) is 2. The van der Waals surface area contributed by atoms with Crippen molar-refractivity contribution in [1.82, 2.24) is 10.2 Å².